The largest absolute Gasteiger partial charge is 0.462 e. The predicted molar refractivity (Wildman–Crippen MR) is 140 cm³/mol. The highest BCUT2D eigenvalue weighted by molar-refractivity contribution is 5.92. The minimum absolute atomic E-state index is 0.367. The summed E-state index contributed by atoms with van der Waals surface area (Å²) in [4.78, 5) is 34.1. The summed E-state index contributed by atoms with van der Waals surface area (Å²) in [5, 5.41) is 6.53. The highest BCUT2D eigenvalue weighted by atomic mass is 16.5. The number of esters is 2. The Bertz CT molecular complexity index is 1270. The molecule has 36 heavy (non-hydrogen) atoms. The first-order valence-corrected chi connectivity index (χ1v) is 11.9. The second-order valence-electron chi connectivity index (χ2n) is 8.09. The topological polar surface area (TPSA) is 102 Å². The molecule has 1 aromatic heterocycles. The maximum atomic E-state index is 12.3. The van der Waals surface area contributed by atoms with Crippen molar-refractivity contribution in [3.63, 3.8) is 0 Å². The zero-order chi connectivity index (χ0) is 25.3. The van der Waals surface area contributed by atoms with Gasteiger partial charge >= 0.3 is 11.9 Å². The van der Waals surface area contributed by atoms with Crippen LogP contribution < -0.4 is 10.6 Å². The van der Waals surface area contributed by atoms with Crippen molar-refractivity contribution in [1.82, 2.24) is 9.97 Å². The summed E-state index contributed by atoms with van der Waals surface area (Å²) in [7, 11) is 0. The Hall–Kier alpha value is -4.46. The van der Waals surface area contributed by atoms with E-state index in [2.05, 4.69) is 10.6 Å². The number of para-hydroxylation sites is 2. The number of nitrogens with one attached hydrogen (secondary N) is 2. The molecule has 0 fully saturated rings. The first-order chi connectivity index (χ1) is 17.6. The predicted octanol–water partition coefficient (Wildman–Crippen LogP) is 6.25. The molecule has 4 rings (SSSR count). The Morgan fingerprint density at radius 1 is 0.667 bits per heavy atom. The van der Waals surface area contributed by atoms with E-state index in [0.717, 1.165) is 12.8 Å². The molecule has 0 spiro atoms. The van der Waals surface area contributed by atoms with Crippen molar-refractivity contribution in [2.24, 2.45) is 0 Å². The maximum Gasteiger partial charge on any atom is 0.338 e. The number of rotatable bonds is 10. The molecule has 0 saturated carbocycles. The molecule has 0 amide bonds. The minimum atomic E-state index is -0.379. The SMILES string of the molecule is CCCOC(=O)c1cccc(Nc2nc3ccccc3nc2Nc2cccc(C(=O)OCCC)c2)c1. The lowest BCUT2D eigenvalue weighted by molar-refractivity contribution is 0.0496. The third kappa shape index (κ3) is 6.15. The van der Waals surface area contributed by atoms with Crippen LogP contribution >= 0.6 is 0 Å². The molecular formula is C28H28N4O4. The van der Waals surface area contributed by atoms with Crippen LogP contribution in [0.4, 0.5) is 23.0 Å². The second-order valence-corrected chi connectivity index (χ2v) is 8.09. The number of ether oxygens (including phenoxy) is 2. The molecule has 3 aromatic carbocycles. The molecule has 0 aliphatic carbocycles. The van der Waals surface area contributed by atoms with Gasteiger partial charge in [0.25, 0.3) is 0 Å². The molecule has 8 heteroatoms. The molecule has 0 aliphatic heterocycles. The van der Waals surface area contributed by atoms with Gasteiger partial charge in [-0.05, 0) is 61.4 Å². The smallest absolute Gasteiger partial charge is 0.338 e. The van der Waals surface area contributed by atoms with Gasteiger partial charge in [-0.2, -0.15) is 0 Å². The number of carbonyl (C=O) groups is 2. The number of carbonyl (C=O) groups excluding carboxylic acids is 2. The molecule has 0 saturated heterocycles. The number of hydrogen-bond acceptors (Lipinski definition) is 8. The van der Waals surface area contributed by atoms with Gasteiger partial charge in [-0.1, -0.05) is 38.1 Å². The molecule has 2 N–H and O–H groups in total. The van der Waals surface area contributed by atoms with Gasteiger partial charge in [-0.3, -0.25) is 0 Å². The summed E-state index contributed by atoms with van der Waals surface area (Å²) < 4.78 is 10.5. The van der Waals surface area contributed by atoms with Crippen molar-refractivity contribution in [1.29, 1.82) is 0 Å². The van der Waals surface area contributed by atoms with Gasteiger partial charge < -0.3 is 20.1 Å². The van der Waals surface area contributed by atoms with E-state index in [-0.39, 0.29) is 11.9 Å². The highest BCUT2D eigenvalue weighted by Crippen LogP contribution is 2.28. The Morgan fingerprint density at radius 3 is 1.53 bits per heavy atom. The molecule has 8 nitrogen and oxygen atoms in total. The van der Waals surface area contributed by atoms with Crippen LogP contribution in [0, 0.1) is 0 Å². The number of fused-ring (bicyclic) bond motifs is 1. The summed E-state index contributed by atoms with van der Waals surface area (Å²) in [5.74, 6) is 0.170. The number of nitrogens with zero attached hydrogens (tertiary/aromatic N) is 2. The van der Waals surface area contributed by atoms with Gasteiger partial charge in [-0.25, -0.2) is 19.6 Å². The van der Waals surface area contributed by atoms with E-state index >= 15 is 0 Å². The summed E-state index contributed by atoms with van der Waals surface area (Å²) in [6, 6.07) is 21.6. The number of anilines is 4. The second kappa shape index (κ2) is 11.8. The van der Waals surface area contributed by atoms with Crippen LogP contribution in [0.15, 0.2) is 72.8 Å². The van der Waals surface area contributed by atoms with Crippen LogP contribution in [-0.4, -0.2) is 35.1 Å². The van der Waals surface area contributed by atoms with Crippen LogP contribution in [-0.2, 0) is 9.47 Å². The van der Waals surface area contributed by atoms with Crippen molar-refractivity contribution in [2.75, 3.05) is 23.8 Å². The van der Waals surface area contributed by atoms with Gasteiger partial charge in [0.1, 0.15) is 0 Å². The molecule has 0 radical (unpaired) electrons. The molecule has 184 valence electrons. The van der Waals surface area contributed by atoms with Crippen molar-refractivity contribution >= 4 is 46.0 Å². The minimum Gasteiger partial charge on any atom is -0.462 e. The summed E-state index contributed by atoms with van der Waals surface area (Å²) in [6.45, 7) is 4.63. The number of benzene rings is 3. The first-order valence-electron chi connectivity index (χ1n) is 11.9. The van der Waals surface area contributed by atoms with Crippen molar-refractivity contribution in [3.8, 4) is 0 Å². The third-order valence-corrected chi connectivity index (χ3v) is 5.17. The van der Waals surface area contributed by atoms with E-state index in [1.54, 1.807) is 36.4 Å². The van der Waals surface area contributed by atoms with E-state index in [1.807, 2.05) is 50.2 Å². The summed E-state index contributed by atoms with van der Waals surface area (Å²) in [5.41, 5.74) is 3.61. The molecular weight excluding hydrogens is 456 g/mol. The van der Waals surface area contributed by atoms with E-state index in [9.17, 15) is 9.59 Å². The first kappa shape index (κ1) is 24.7. The quantitative estimate of drug-likeness (QED) is 0.255. The molecule has 0 bridgehead atoms. The normalized spacial score (nSPS) is 10.6. The van der Waals surface area contributed by atoms with Crippen LogP contribution in [0.2, 0.25) is 0 Å². The van der Waals surface area contributed by atoms with Gasteiger partial charge in [0.15, 0.2) is 11.6 Å². The standard InChI is InChI=1S/C28H28N4O4/c1-3-15-35-27(33)19-9-7-11-21(17-19)29-25-26(32-24-14-6-5-13-23(24)31-25)30-22-12-8-10-20(18-22)28(34)36-16-4-2/h5-14,17-18H,3-4,15-16H2,1-2H3,(H,29,31)(H,30,32). The Kier molecular flexibility index (Phi) is 8.08. The van der Waals surface area contributed by atoms with Crippen molar-refractivity contribution < 1.29 is 19.1 Å². The summed E-state index contributed by atoms with van der Waals surface area (Å²) >= 11 is 0. The van der Waals surface area contributed by atoms with Gasteiger partial charge in [0.05, 0.1) is 35.4 Å². The Morgan fingerprint density at radius 2 is 1.11 bits per heavy atom. The molecule has 0 atom stereocenters. The molecule has 0 aliphatic rings. The lowest BCUT2D eigenvalue weighted by Gasteiger charge is -2.14. The fraction of sp³-hybridized carbons (Fsp3) is 0.214. The zero-order valence-electron chi connectivity index (χ0n) is 20.3. The van der Waals surface area contributed by atoms with Crippen LogP contribution in [0.25, 0.3) is 11.0 Å². The van der Waals surface area contributed by atoms with Gasteiger partial charge in [0.2, 0.25) is 0 Å². The maximum absolute atomic E-state index is 12.3. The average molecular weight is 485 g/mol. The Balaban J connectivity index is 1.65. The van der Waals surface area contributed by atoms with Crippen LogP contribution in [0.1, 0.15) is 47.4 Å². The van der Waals surface area contributed by atoms with Crippen LogP contribution in [0.5, 0.6) is 0 Å². The number of hydrogen-bond donors (Lipinski definition) is 2. The summed E-state index contributed by atoms with van der Waals surface area (Å²) in [6.07, 6.45) is 1.51. The van der Waals surface area contributed by atoms with E-state index < -0.39 is 0 Å². The Labute approximate surface area is 209 Å². The van der Waals surface area contributed by atoms with Crippen LogP contribution in [0.3, 0.4) is 0 Å². The van der Waals surface area contributed by atoms with Crippen molar-refractivity contribution in [2.45, 2.75) is 26.7 Å². The lowest BCUT2D eigenvalue weighted by Crippen LogP contribution is -2.08. The lowest BCUT2D eigenvalue weighted by atomic mass is 10.2. The number of aromatic nitrogens is 2. The van der Waals surface area contributed by atoms with E-state index in [0.29, 0.717) is 58.4 Å². The third-order valence-electron chi connectivity index (χ3n) is 5.17. The van der Waals surface area contributed by atoms with E-state index in [4.69, 9.17) is 19.4 Å². The van der Waals surface area contributed by atoms with Gasteiger partial charge in [0, 0.05) is 11.4 Å². The molecule has 0 unspecified atom stereocenters. The van der Waals surface area contributed by atoms with E-state index in [1.165, 1.54) is 0 Å². The highest BCUT2D eigenvalue weighted by Gasteiger charge is 2.14. The average Bonchev–Trinajstić information content (AvgIpc) is 2.91. The van der Waals surface area contributed by atoms with Crippen molar-refractivity contribution in [3.05, 3.63) is 83.9 Å². The monoisotopic (exact) mass is 484 g/mol. The fourth-order valence-electron chi connectivity index (χ4n) is 3.45. The zero-order valence-corrected chi connectivity index (χ0v) is 20.3. The fourth-order valence-corrected chi connectivity index (χ4v) is 3.45. The molecule has 1 heterocycles. The molecule has 4 aromatic rings. The van der Waals surface area contributed by atoms with Gasteiger partial charge in [-0.15, -0.1) is 0 Å².